The molecule has 0 aliphatic rings. The van der Waals surface area contributed by atoms with Crippen LogP contribution in [0.4, 0.5) is 0 Å². The Hall–Kier alpha value is -0.290. The smallest absolute Gasteiger partial charge is 0.462 e. The molecule has 0 aliphatic carbocycles. The van der Waals surface area contributed by atoms with E-state index in [1.54, 1.807) is 0 Å². The molecule has 3 N–H and O–H groups in total. The van der Waals surface area contributed by atoms with Crippen molar-refractivity contribution in [2.75, 3.05) is 26.4 Å². The van der Waals surface area contributed by atoms with E-state index in [4.69, 9.17) is 28.7 Å². The Bertz CT molecular complexity index is 1120. The van der Waals surface area contributed by atoms with Gasteiger partial charge in [-0.15, -0.1) is 0 Å². The van der Waals surface area contributed by atoms with Gasteiger partial charge in [-0.05, 0) is 38.5 Å². The first kappa shape index (κ1) is 40.4. The minimum Gasteiger partial charge on any atom is -0.462 e. The largest absolute Gasteiger partial charge is 0.472 e. The molecule has 0 aromatic carbocycles. The molecule has 0 saturated carbocycles. The zero-order valence-electron chi connectivity index (χ0n) is 39.0. The van der Waals surface area contributed by atoms with Crippen LogP contribution in [0.15, 0.2) is 12.2 Å². The van der Waals surface area contributed by atoms with Gasteiger partial charge in [0, 0.05) is 52.0 Å². The Balaban J connectivity index is 0. The average molecular weight is 765 g/mol. The first-order valence-electron chi connectivity index (χ1n) is 22.8. The van der Waals surface area contributed by atoms with Gasteiger partial charge in [0.15, 0.2) is 6.10 Å². The van der Waals surface area contributed by atoms with Gasteiger partial charge < -0.3 is 24.6 Å². The Morgan fingerprint density at radius 1 is 0.706 bits per heavy atom. The number of ether oxygens (including phenoxy) is 2. The van der Waals surface area contributed by atoms with Crippen molar-refractivity contribution in [1.29, 1.82) is 0 Å². The summed E-state index contributed by atoms with van der Waals surface area (Å²) in [5.74, 6) is -1.04. The summed E-state index contributed by atoms with van der Waals surface area (Å²) in [4.78, 5) is 34.9. The minimum absolute atomic E-state index is 0. The van der Waals surface area contributed by atoms with Crippen molar-refractivity contribution in [2.45, 2.75) is 199 Å². The SMILES string of the molecule is [2H]C([2H])([2H])C([2H])([2H])C([2H])([2H])CCCCC/C=C\CCCCCCCC(=O)O[C@H](COC(=O)CCCCCCCCCCCCCC)COP(=O)(O)OCC(O)CO.[Na]. The number of unbranched alkanes of at least 4 members (excludes halogenated alkanes) is 19. The molecule has 0 fully saturated rings. The van der Waals surface area contributed by atoms with Gasteiger partial charge in [-0.25, -0.2) is 4.57 Å². The van der Waals surface area contributed by atoms with Crippen molar-refractivity contribution in [2.24, 2.45) is 0 Å². The molecule has 297 valence electrons. The molecule has 0 bridgehead atoms. The molecule has 0 saturated heterocycles. The third kappa shape index (κ3) is 39.2. The number of rotatable bonds is 38. The van der Waals surface area contributed by atoms with Gasteiger partial charge in [0.25, 0.3) is 0 Å². The second kappa shape index (κ2) is 39.4. The molecule has 12 heteroatoms. The van der Waals surface area contributed by atoms with E-state index in [9.17, 15) is 24.2 Å². The average Bonchev–Trinajstić information content (AvgIpc) is 3.14. The quantitative estimate of drug-likeness (QED) is 0.0182. The van der Waals surface area contributed by atoms with Gasteiger partial charge in [-0.3, -0.25) is 18.6 Å². The molecule has 0 spiro atoms. The van der Waals surface area contributed by atoms with E-state index in [2.05, 4.69) is 23.6 Å². The summed E-state index contributed by atoms with van der Waals surface area (Å²) in [6.07, 6.45) is 18.2. The number of aliphatic hydroxyl groups is 2. The maximum Gasteiger partial charge on any atom is 0.472 e. The van der Waals surface area contributed by atoms with Crippen molar-refractivity contribution in [1.82, 2.24) is 0 Å². The fourth-order valence-corrected chi connectivity index (χ4v) is 5.98. The Labute approximate surface area is 343 Å². The molecule has 0 amide bonds. The molecule has 0 rings (SSSR count). The number of allylic oxidation sites excluding steroid dienone is 2. The topological polar surface area (TPSA) is 149 Å². The molecule has 3 atom stereocenters. The van der Waals surface area contributed by atoms with Crippen molar-refractivity contribution in [3.63, 3.8) is 0 Å². The van der Waals surface area contributed by atoms with E-state index < -0.39 is 71.4 Å². The number of carbonyl (C=O) groups excluding carboxylic acids is 2. The predicted molar refractivity (Wildman–Crippen MR) is 207 cm³/mol. The normalized spacial score (nSPS) is 16.7. The Morgan fingerprint density at radius 3 is 1.71 bits per heavy atom. The van der Waals surface area contributed by atoms with Crippen LogP contribution < -0.4 is 0 Å². The van der Waals surface area contributed by atoms with Crippen LogP contribution in [-0.2, 0) is 32.7 Å². The molecule has 0 heterocycles. The van der Waals surface area contributed by atoms with Gasteiger partial charge in [0.1, 0.15) is 12.7 Å². The predicted octanol–water partition coefficient (Wildman–Crippen LogP) is 9.68. The van der Waals surface area contributed by atoms with Crippen LogP contribution in [0.2, 0.25) is 0 Å². The van der Waals surface area contributed by atoms with Gasteiger partial charge >= 0.3 is 19.8 Å². The van der Waals surface area contributed by atoms with Gasteiger partial charge in [-0.2, -0.15) is 0 Å². The van der Waals surface area contributed by atoms with Crippen LogP contribution in [0.5, 0.6) is 0 Å². The Kier molecular flexibility index (Phi) is 31.2. The number of phosphoric ester groups is 1. The minimum atomic E-state index is -4.66. The summed E-state index contributed by atoms with van der Waals surface area (Å²) in [7, 11) is -4.66. The molecule has 51 heavy (non-hydrogen) atoms. The standard InChI is InChI=1S/C39H75O10P.Na/c1-3-5-7-9-11-13-15-17-18-19-21-23-25-27-29-31-39(43)49-37(35-48-50(44,45)47-33-36(41)32-40)34-46-38(42)30-28-26-24-22-20-16-14-12-10-8-6-4-2;/h17-18,36-37,40-41H,3-16,19-35H2,1-2H3,(H,44,45);/b18-17-;/t36?,37-;/m1./s1/i1D3,3D2,5D2;. The number of hydrogen-bond acceptors (Lipinski definition) is 9. The Morgan fingerprint density at radius 2 is 1.18 bits per heavy atom. The number of esters is 2. The summed E-state index contributed by atoms with van der Waals surface area (Å²) in [5.41, 5.74) is 0. The summed E-state index contributed by atoms with van der Waals surface area (Å²) in [6.45, 7) is -3.08. The van der Waals surface area contributed by atoms with E-state index in [-0.39, 0.29) is 55.4 Å². The summed E-state index contributed by atoms with van der Waals surface area (Å²) in [5, 5.41) is 18.3. The van der Waals surface area contributed by atoms with Crippen molar-refractivity contribution < 1.29 is 57.4 Å². The monoisotopic (exact) mass is 765 g/mol. The van der Waals surface area contributed by atoms with Crippen LogP contribution in [0, 0.1) is 0 Å². The molecular formula is C39H75NaO10P. The van der Waals surface area contributed by atoms with Crippen molar-refractivity contribution >= 4 is 49.3 Å². The van der Waals surface area contributed by atoms with Crippen LogP contribution in [0.25, 0.3) is 0 Å². The summed E-state index contributed by atoms with van der Waals surface area (Å²) in [6, 6.07) is 0. The third-order valence-electron chi connectivity index (χ3n) is 8.21. The number of hydrogen-bond donors (Lipinski definition) is 3. The molecule has 0 aromatic heterocycles. The van der Waals surface area contributed by atoms with Gasteiger partial charge in [0.2, 0.25) is 0 Å². The van der Waals surface area contributed by atoms with Gasteiger partial charge in [-0.1, -0.05) is 148 Å². The van der Waals surface area contributed by atoms with Crippen molar-refractivity contribution in [3.05, 3.63) is 12.2 Å². The molecular weight excluding hydrogens is 682 g/mol. The van der Waals surface area contributed by atoms with Crippen LogP contribution in [0.3, 0.4) is 0 Å². The van der Waals surface area contributed by atoms with E-state index in [1.165, 1.54) is 51.4 Å². The van der Waals surface area contributed by atoms with E-state index in [0.717, 1.165) is 64.2 Å². The number of aliphatic hydroxyl groups excluding tert-OH is 2. The van der Waals surface area contributed by atoms with Crippen molar-refractivity contribution in [3.8, 4) is 0 Å². The number of phosphoric acid groups is 1. The molecule has 2 unspecified atom stereocenters. The van der Waals surface area contributed by atoms with E-state index >= 15 is 0 Å². The number of carbonyl (C=O) groups is 2. The van der Waals surface area contributed by atoms with Crippen LogP contribution in [0.1, 0.15) is 197 Å². The fraction of sp³-hybridized carbons (Fsp3) is 0.897. The van der Waals surface area contributed by atoms with Crippen LogP contribution in [-0.4, -0.2) is 95.2 Å². The van der Waals surface area contributed by atoms with E-state index in [1.807, 2.05) is 0 Å². The van der Waals surface area contributed by atoms with E-state index in [0.29, 0.717) is 25.7 Å². The first-order chi connectivity index (χ1) is 26.9. The third-order valence-corrected chi connectivity index (χ3v) is 9.16. The zero-order valence-corrected chi connectivity index (χ0v) is 34.9. The zero-order chi connectivity index (χ0) is 43.1. The molecule has 1 radical (unpaired) electrons. The molecule has 0 aromatic rings. The maximum atomic E-state index is 12.6. The van der Waals surface area contributed by atoms with Gasteiger partial charge in [0.05, 0.1) is 19.8 Å². The summed E-state index contributed by atoms with van der Waals surface area (Å²) < 4.78 is 85.5. The second-order valence-electron chi connectivity index (χ2n) is 13.0. The summed E-state index contributed by atoms with van der Waals surface area (Å²) >= 11 is 0. The molecule has 10 nitrogen and oxygen atoms in total. The molecule has 0 aliphatic heterocycles. The second-order valence-corrected chi connectivity index (χ2v) is 14.5. The first-order valence-corrected chi connectivity index (χ1v) is 20.8. The maximum absolute atomic E-state index is 12.6. The fourth-order valence-electron chi connectivity index (χ4n) is 5.19. The van der Waals surface area contributed by atoms with Crippen LogP contribution >= 0.6 is 7.82 Å².